The minimum atomic E-state index is 0.580. The molecule has 0 aromatic rings. The van der Waals surface area contributed by atoms with E-state index in [1.54, 1.807) is 0 Å². The molecule has 2 aliphatic rings. The third kappa shape index (κ3) is 5.07. The molecular formula is C17H34N2. The van der Waals surface area contributed by atoms with Crippen LogP contribution in [0.25, 0.3) is 0 Å². The Bertz CT molecular complexity index is 256. The van der Waals surface area contributed by atoms with Crippen LogP contribution in [0.15, 0.2) is 0 Å². The van der Waals surface area contributed by atoms with E-state index in [0.717, 1.165) is 12.1 Å². The molecule has 2 nitrogen and oxygen atoms in total. The highest BCUT2D eigenvalue weighted by Crippen LogP contribution is 2.36. The van der Waals surface area contributed by atoms with Crippen LogP contribution in [-0.4, -0.2) is 37.1 Å². The fourth-order valence-electron chi connectivity index (χ4n) is 3.95. The van der Waals surface area contributed by atoms with Gasteiger partial charge in [0.2, 0.25) is 0 Å². The average molecular weight is 266 g/mol. The van der Waals surface area contributed by atoms with Crippen LogP contribution in [0.3, 0.4) is 0 Å². The maximum Gasteiger partial charge on any atom is 0.00922 e. The molecular weight excluding hydrogens is 232 g/mol. The normalized spacial score (nSPS) is 28.1. The first-order valence-corrected chi connectivity index (χ1v) is 8.50. The maximum atomic E-state index is 3.77. The molecule has 0 radical (unpaired) electrons. The van der Waals surface area contributed by atoms with E-state index in [4.69, 9.17) is 0 Å². The molecule has 2 saturated carbocycles. The van der Waals surface area contributed by atoms with Crippen molar-refractivity contribution in [3.05, 3.63) is 0 Å². The summed E-state index contributed by atoms with van der Waals surface area (Å²) in [6.45, 7) is 7.29. The van der Waals surface area contributed by atoms with Crippen molar-refractivity contribution < 1.29 is 0 Å². The highest BCUT2D eigenvalue weighted by atomic mass is 15.1. The van der Waals surface area contributed by atoms with E-state index >= 15 is 0 Å². The largest absolute Gasteiger partial charge is 0.314 e. The van der Waals surface area contributed by atoms with Crippen molar-refractivity contribution in [3.8, 4) is 0 Å². The van der Waals surface area contributed by atoms with Gasteiger partial charge in [-0.25, -0.2) is 0 Å². The number of nitrogens with one attached hydrogen (secondary N) is 1. The van der Waals surface area contributed by atoms with E-state index in [-0.39, 0.29) is 0 Å². The third-order valence-electron chi connectivity index (χ3n) is 5.29. The highest BCUT2D eigenvalue weighted by molar-refractivity contribution is 4.86. The van der Waals surface area contributed by atoms with Gasteiger partial charge in [-0.2, -0.15) is 0 Å². The Morgan fingerprint density at radius 2 is 1.84 bits per heavy atom. The molecule has 2 aliphatic carbocycles. The van der Waals surface area contributed by atoms with Crippen molar-refractivity contribution in [2.75, 3.05) is 20.1 Å². The molecule has 0 bridgehead atoms. The third-order valence-corrected chi connectivity index (χ3v) is 5.29. The number of rotatable bonds is 6. The van der Waals surface area contributed by atoms with E-state index in [0.29, 0.717) is 5.41 Å². The Labute approximate surface area is 120 Å². The summed E-state index contributed by atoms with van der Waals surface area (Å²) in [6, 6.07) is 1.66. The van der Waals surface area contributed by atoms with Crippen molar-refractivity contribution in [1.29, 1.82) is 0 Å². The first-order valence-electron chi connectivity index (χ1n) is 8.50. The van der Waals surface area contributed by atoms with Crippen LogP contribution in [0.1, 0.15) is 71.6 Å². The first kappa shape index (κ1) is 15.3. The van der Waals surface area contributed by atoms with Gasteiger partial charge in [-0.1, -0.05) is 33.1 Å². The minimum absolute atomic E-state index is 0.580. The Hall–Kier alpha value is -0.0800. The summed E-state index contributed by atoms with van der Waals surface area (Å²) in [5.41, 5.74) is 0.580. The predicted molar refractivity (Wildman–Crippen MR) is 83.5 cm³/mol. The van der Waals surface area contributed by atoms with Gasteiger partial charge in [-0.3, -0.25) is 0 Å². The van der Waals surface area contributed by atoms with Gasteiger partial charge in [0.05, 0.1) is 0 Å². The van der Waals surface area contributed by atoms with E-state index < -0.39 is 0 Å². The minimum Gasteiger partial charge on any atom is -0.314 e. The van der Waals surface area contributed by atoms with E-state index in [9.17, 15) is 0 Å². The van der Waals surface area contributed by atoms with Crippen molar-refractivity contribution in [3.63, 3.8) is 0 Å². The lowest BCUT2D eigenvalue weighted by Gasteiger charge is -2.31. The first-order chi connectivity index (χ1) is 9.07. The van der Waals surface area contributed by atoms with Crippen LogP contribution in [-0.2, 0) is 0 Å². The van der Waals surface area contributed by atoms with Gasteiger partial charge in [0.25, 0.3) is 0 Å². The van der Waals surface area contributed by atoms with Gasteiger partial charge in [-0.15, -0.1) is 0 Å². The topological polar surface area (TPSA) is 15.3 Å². The van der Waals surface area contributed by atoms with Crippen LogP contribution in [0, 0.1) is 5.41 Å². The molecule has 2 fully saturated rings. The molecule has 0 aromatic heterocycles. The van der Waals surface area contributed by atoms with Gasteiger partial charge in [0.1, 0.15) is 0 Å². The van der Waals surface area contributed by atoms with Crippen molar-refractivity contribution in [2.24, 2.45) is 5.41 Å². The zero-order valence-corrected chi connectivity index (χ0v) is 13.4. The Balaban J connectivity index is 1.54. The quantitative estimate of drug-likeness (QED) is 0.736. The summed E-state index contributed by atoms with van der Waals surface area (Å²) in [5, 5.41) is 3.77. The number of hydrogen-bond acceptors (Lipinski definition) is 2. The van der Waals surface area contributed by atoms with E-state index in [2.05, 4.69) is 31.1 Å². The van der Waals surface area contributed by atoms with Crippen molar-refractivity contribution in [2.45, 2.75) is 83.7 Å². The highest BCUT2D eigenvalue weighted by Gasteiger charge is 2.30. The van der Waals surface area contributed by atoms with Crippen molar-refractivity contribution in [1.82, 2.24) is 10.2 Å². The molecule has 1 unspecified atom stereocenters. The molecule has 1 N–H and O–H groups in total. The smallest absolute Gasteiger partial charge is 0.00922 e. The standard InChI is InChI=1S/C17H34N2/c1-17(2)11-10-15(14-17)18-12-7-13-19(3)16-8-5-4-6-9-16/h15-16,18H,4-14H2,1-3H3. The van der Waals surface area contributed by atoms with E-state index in [1.807, 2.05) is 0 Å². The predicted octanol–water partition coefficient (Wildman–Crippen LogP) is 3.81. The SMILES string of the molecule is CN(CCCNC1CCC(C)(C)C1)C1CCCCC1. The van der Waals surface area contributed by atoms with Crippen LogP contribution >= 0.6 is 0 Å². The van der Waals surface area contributed by atoms with Crippen LogP contribution < -0.4 is 5.32 Å². The van der Waals surface area contributed by atoms with Gasteiger partial charge >= 0.3 is 0 Å². The Morgan fingerprint density at radius 1 is 1.11 bits per heavy atom. The number of hydrogen-bond donors (Lipinski definition) is 1. The molecule has 1 atom stereocenters. The zero-order valence-electron chi connectivity index (χ0n) is 13.4. The Kier molecular flexibility index (Phi) is 5.70. The van der Waals surface area contributed by atoms with Crippen LogP contribution in [0.4, 0.5) is 0 Å². The molecule has 0 spiro atoms. The van der Waals surface area contributed by atoms with Crippen LogP contribution in [0.2, 0.25) is 0 Å². The molecule has 112 valence electrons. The zero-order chi connectivity index (χ0) is 13.7. The Morgan fingerprint density at radius 3 is 2.47 bits per heavy atom. The molecule has 0 aromatic carbocycles. The second-order valence-electron chi connectivity index (χ2n) is 7.68. The summed E-state index contributed by atoms with van der Waals surface area (Å²) >= 11 is 0. The van der Waals surface area contributed by atoms with Gasteiger partial charge in [0, 0.05) is 12.1 Å². The molecule has 0 heterocycles. The summed E-state index contributed by atoms with van der Waals surface area (Å²) < 4.78 is 0. The number of nitrogens with zero attached hydrogens (tertiary/aromatic N) is 1. The molecule has 0 amide bonds. The fourth-order valence-corrected chi connectivity index (χ4v) is 3.95. The summed E-state index contributed by atoms with van der Waals surface area (Å²) in [5.74, 6) is 0. The molecule has 0 saturated heterocycles. The van der Waals surface area contributed by atoms with E-state index in [1.165, 1.54) is 70.9 Å². The van der Waals surface area contributed by atoms with Gasteiger partial charge in [0.15, 0.2) is 0 Å². The van der Waals surface area contributed by atoms with Crippen molar-refractivity contribution >= 4 is 0 Å². The van der Waals surface area contributed by atoms with Gasteiger partial charge < -0.3 is 10.2 Å². The second kappa shape index (κ2) is 7.08. The van der Waals surface area contributed by atoms with Crippen LogP contribution in [0.5, 0.6) is 0 Å². The lowest BCUT2D eigenvalue weighted by Crippen LogP contribution is -2.36. The molecule has 2 rings (SSSR count). The average Bonchev–Trinajstić information content (AvgIpc) is 2.75. The monoisotopic (exact) mass is 266 g/mol. The molecule has 19 heavy (non-hydrogen) atoms. The summed E-state index contributed by atoms with van der Waals surface area (Å²) in [4.78, 5) is 2.61. The van der Waals surface area contributed by atoms with Gasteiger partial charge in [-0.05, 0) is 64.1 Å². The molecule has 2 heteroatoms. The fraction of sp³-hybridized carbons (Fsp3) is 1.00. The lowest BCUT2D eigenvalue weighted by molar-refractivity contribution is 0.189. The second-order valence-corrected chi connectivity index (χ2v) is 7.68. The summed E-state index contributed by atoms with van der Waals surface area (Å²) in [6.07, 6.45) is 12.7. The lowest BCUT2D eigenvalue weighted by atomic mass is 9.92. The molecule has 0 aliphatic heterocycles. The maximum absolute atomic E-state index is 3.77. The summed E-state index contributed by atoms with van der Waals surface area (Å²) in [7, 11) is 2.33.